The van der Waals surface area contributed by atoms with Crippen molar-refractivity contribution in [2.45, 2.75) is 43.9 Å². The van der Waals surface area contributed by atoms with E-state index in [0.717, 1.165) is 38.5 Å². The fraction of sp³-hybridized carbons (Fsp3) is 0.640. The molecule has 4 fully saturated rings. The van der Waals surface area contributed by atoms with Crippen LogP contribution in [0.4, 0.5) is 28.2 Å². The number of ether oxygens (including phenoxy) is 2. The van der Waals surface area contributed by atoms with Gasteiger partial charge in [0.05, 0.1) is 41.9 Å². The maximum Gasteiger partial charge on any atom is 0.417 e. The number of fused-ring (bicyclic) bond motifs is 3. The number of piperazine rings is 1. The molecule has 0 radical (unpaired) electrons. The van der Waals surface area contributed by atoms with Crippen molar-refractivity contribution in [1.29, 1.82) is 0 Å². The summed E-state index contributed by atoms with van der Waals surface area (Å²) in [6.07, 6.45) is -2.64. The van der Waals surface area contributed by atoms with Crippen molar-refractivity contribution in [2.24, 2.45) is 5.41 Å². The van der Waals surface area contributed by atoms with Gasteiger partial charge in [-0.15, -0.1) is 0 Å². The average molecular weight is 618 g/mol. The third kappa shape index (κ3) is 5.10. The number of halogens is 5. The zero-order chi connectivity index (χ0) is 27.5. The predicted molar refractivity (Wildman–Crippen MR) is 136 cm³/mol. The molecular weight excluding hydrogens is 590 g/mol. The van der Waals surface area contributed by atoms with Crippen molar-refractivity contribution in [1.82, 2.24) is 19.8 Å². The Labute approximate surface area is 230 Å². The number of rotatable bonds is 6. The SMILES string of the molecule is O=C(O)N1[C@@H]2CC[C@H]1CN(c1nc(OCC3(CN4CCOCC4)CC3)nc3c(F)c(Br)c(C(F)(F)F)cc13)C2. The number of nitrogens with zero attached hydrogens (tertiary/aromatic N) is 5. The van der Waals surface area contributed by atoms with Gasteiger partial charge in [-0.05, 0) is 47.7 Å². The number of benzene rings is 1. The highest BCUT2D eigenvalue weighted by Gasteiger charge is 2.46. The molecule has 1 saturated carbocycles. The molecule has 4 heterocycles. The molecule has 2 aromatic rings. The summed E-state index contributed by atoms with van der Waals surface area (Å²) in [4.78, 5) is 25.9. The minimum Gasteiger partial charge on any atom is -0.465 e. The predicted octanol–water partition coefficient (Wildman–Crippen LogP) is 4.37. The average Bonchev–Trinajstić information content (AvgIpc) is 3.60. The van der Waals surface area contributed by atoms with Crippen LogP contribution in [0.3, 0.4) is 0 Å². The Morgan fingerprint density at radius 1 is 1.18 bits per heavy atom. The molecule has 1 amide bonds. The number of aromatic nitrogens is 2. The first kappa shape index (κ1) is 26.8. The molecule has 39 heavy (non-hydrogen) atoms. The van der Waals surface area contributed by atoms with Crippen molar-refractivity contribution in [2.75, 3.05) is 57.4 Å². The van der Waals surface area contributed by atoms with Gasteiger partial charge in [0.15, 0.2) is 5.82 Å². The molecule has 0 unspecified atom stereocenters. The van der Waals surface area contributed by atoms with Gasteiger partial charge in [-0.3, -0.25) is 9.80 Å². The normalized spacial score (nSPS) is 24.8. The first-order chi connectivity index (χ1) is 18.5. The molecule has 2 atom stereocenters. The minimum absolute atomic E-state index is 0.0820. The lowest BCUT2D eigenvalue weighted by Crippen LogP contribution is -2.55. The van der Waals surface area contributed by atoms with E-state index in [9.17, 15) is 23.1 Å². The number of hydrogen-bond donors (Lipinski definition) is 1. The molecule has 1 N–H and O–H groups in total. The van der Waals surface area contributed by atoms with E-state index in [0.29, 0.717) is 32.7 Å². The summed E-state index contributed by atoms with van der Waals surface area (Å²) in [7, 11) is 0. The van der Waals surface area contributed by atoms with E-state index in [2.05, 4.69) is 30.8 Å². The van der Waals surface area contributed by atoms with Gasteiger partial charge in [-0.1, -0.05) is 0 Å². The Balaban J connectivity index is 1.34. The summed E-state index contributed by atoms with van der Waals surface area (Å²) in [6.45, 7) is 4.62. The molecule has 6 rings (SSSR count). The lowest BCUT2D eigenvalue weighted by molar-refractivity contribution is -0.138. The number of morpholine rings is 1. The minimum atomic E-state index is -4.81. The summed E-state index contributed by atoms with van der Waals surface area (Å²) in [6, 6.07) is 0.0836. The van der Waals surface area contributed by atoms with E-state index in [1.54, 1.807) is 4.90 Å². The zero-order valence-electron chi connectivity index (χ0n) is 21.0. The highest BCUT2D eigenvalue weighted by molar-refractivity contribution is 9.10. The summed E-state index contributed by atoms with van der Waals surface area (Å²) in [5, 5.41) is 9.54. The van der Waals surface area contributed by atoms with Gasteiger partial charge in [0.1, 0.15) is 11.3 Å². The van der Waals surface area contributed by atoms with E-state index in [1.165, 1.54) is 4.90 Å². The Kier molecular flexibility index (Phi) is 6.78. The molecule has 14 heteroatoms. The summed E-state index contributed by atoms with van der Waals surface area (Å²) < 4.78 is 67.5. The molecule has 9 nitrogen and oxygen atoms in total. The molecular formula is C25H28BrF4N5O4. The standard InChI is InChI=1S/C25H28BrF4N5O4/c26-18-17(25(28,29)30)9-16-20(19(18)27)31-22(39-13-24(3-4-24)12-33-5-7-38-8-6-33)32-21(16)34-10-14-1-2-15(11-34)35(14)23(36)37/h9,14-15H,1-8,10-13H2,(H,36,37)/t14-,15+. The van der Waals surface area contributed by atoms with Crippen LogP contribution in [0.1, 0.15) is 31.2 Å². The van der Waals surface area contributed by atoms with Crippen molar-refractivity contribution in [3.8, 4) is 6.01 Å². The summed E-state index contributed by atoms with van der Waals surface area (Å²) in [5.74, 6) is -1.03. The van der Waals surface area contributed by atoms with Crippen molar-refractivity contribution in [3.05, 3.63) is 21.9 Å². The molecule has 212 valence electrons. The molecule has 0 spiro atoms. The van der Waals surface area contributed by atoms with Crippen LogP contribution >= 0.6 is 15.9 Å². The van der Waals surface area contributed by atoms with Gasteiger partial charge >= 0.3 is 18.3 Å². The van der Waals surface area contributed by atoms with Crippen molar-refractivity contribution >= 4 is 38.7 Å². The van der Waals surface area contributed by atoms with Crippen LogP contribution in [-0.4, -0.2) is 95.6 Å². The van der Waals surface area contributed by atoms with Crippen molar-refractivity contribution in [3.63, 3.8) is 0 Å². The lowest BCUT2D eigenvalue weighted by atomic mass is 10.1. The first-order valence-corrected chi connectivity index (χ1v) is 13.8. The maximum absolute atomic E-state index is 15.4. The lowest BCUT2D eigenvalue weighted by Gasteiger charge is -2.40. The summed E-state index contributed by atoms with van der Waals surface area (Å²) >= 11 is 2.77. The monoisotopic (exact) mass is 617 g/mol. The third-order valence-electron chi connectivity index (χ3n) is 8.27. The fourth-order valence-electron chi connectivity index (χ4n) is 6.04. The molecule has 1 aromatic carbocycles. The highest BCUT2D eigenvalue weighted by Crippen LogP contribution is 2.47. The van der Waals surface area contributed by atoms with Gasteiger partial charge in [-0.2, -0.15) is 23.1 Å². The second-order valence-corrected chi connectivity index (χ2v) is 11.7. The van der Waals surface area contributed by atoms with Gasteiger partial charge < -0.3 is 19.5 Å². The summed E-state index contributed by atoms with van der Waals surface area (Å²) in [5.41, 5.74) is -1.53. The molecule has 3 aliphatic heterocycles. The van der Waals surface area contributed by atoms with Gasteiger partial charge in [0.2, 0.25) is 0 Å². The second-order valence-electron chi connectivity index (χ2n) is 10.9. The first-order valence-electron chi connectivity index (χ1n) is 13.0. The maximum atomic E-state index is 15.4. The van der Waals surface area contributed by atoms with Crippen molar-refractivity contribution < 1.29 is 36.9 Å². The van der Waals surface area contributed by atoms with Crippen LogP contribution in [0.15, 0.2) is 10.5 Å². The quantitative estimate of drug-likeness (QED) is 0.478. The molecule has 3 saturated heterocycles. The van der Waals surface area contributed by atoms with Gasteiger partial charge in [-0.25, -0.2) is 9.18 Å². The number of carbonyl (C=O) groups is 1. The smallest absolute Gasteiger partial charge is 0.417 e. The van der Waals surface area contributed by atoms with E-state index >= 15 is 4.39 Å². The van der Waals surface area contributed by atoms with Crippen LogP contribution < -0.4 is 9.64 Å². The second kappa shape index (κ2) is 9.88. The van der Waals surface area contributed by atoms with E-state index in [1.807, 2.05) is 0 Å². The molecule has 1 aliphatic carbocycles. The van der Waals surface area contributed by atoms with Crippen LogP contribution in [0, 0.1) is 11.2 Å². The van der Waals surface area contributed by atoms with Crippen LogP contribution in [0.5, 0.6) is 6.01 Å². The Morgan fingerprint density at radius 3 is 2.44 bits per heavy atom. The van der Waals surface area contributed by atoms with Gasteiger partial charge in [0.25, 0.3) is 0 Å². The van der Waals surface area contributed by atoms with E-state index < -0.39 is 28.1 Å². The van der Waals surface area contributed by atoms with Crippen LogP contribution in [-0.2, 0) is 10.9 Å². The van der Waals surface area contributed by atoms with Crippen LogP contribution in [0.25, 0.3) is 10.9 Å². The number of alkyl halides is 3. The number of hydrogen-bond acceptors (Lipinski definition) is 7. The third-order valence-corrected chi connectivity index (χ3v) is 9.04. The van der Waals surface area contributed by atoms with Gasteiger partial charge in [0, 0.05) is 43.5 Å². The molecule has 4 aliphatic rings. The number of amides is 1. The Hall–Kier alpha value is -2.45. The van der Waals surface area contributed by atoms with Crippen LogP contribution in [0.2, 0.25) is 0 Å². The fourth-order valence-corrected chi connectivity index (χ4v) is 6.57. The highest BCUT2D eigenvalue weighted by atomic mass is 79.9. The number of anilines is 1. The Bertz CT molecular complexity index is 1270. The largest absolute Gasteiger partial charge is 0.465 e. The molecule has 2 bridgehead atoms. The number of carboxylic acid groups (broad SMARTS) is 1. The topological polar surface area (TPSA) is 91.3 Å². The van der Waals surface area contributed by atoms with E-state index in [-0.39, 0.29) is 53.3 Å². The molecule has 1 aromatic heterocycles. The zero-order valence-corrected chi connectivity index (χ0v) is 22.6. The Morgan fingerprint density at radius 2 is 1.85 bits per heavy atom. The van der Waals surface area contributed by atoms with E-state index in [4.69, 9.17) is 9.47 Å².